The zero-order valence-corrected chi connectivity index (χ0v) is 12.6. The van der Waals surface area contributed by atoms with E-state index in [1.807, 2.05) is 0 Å². The number of ether oxygens (including phenoxy) is 1. The standard InChI is InChI=1S/C15H32N2O/c1-4-10-17-11-7-15(8-12-17)14(3)16-9-6-13-18-5-2/h14-16H,4-13H2,1-3H3. The van der Waals surface area contributed by atoms with Gasteiger partial charge < -0.3 is 15.0 Å². The van der Waals surface area contributed by atoms with Gasteiger partial charge in [0.1, 0.15) is 0 Å². The summed E-state index contributed by atoms with van der Waals surface area (Å²) in [5.74, 6) is 0.866. The number of likely N-dealkylation sites (tertiary alicyclic amines) is 1. The molecule has 0 radical (unpaired) electrons. The second kappa shape index (κ2) is 9.76. The normalized spacial score (nSPS) is 20.2. The topological polar surface area (TPSA) is 24.5 Å². The van der Waals surface area contributed by atoms with Gasteiger partial charge in [-0.1, -0.05) is 6.92 Å². The number of hydrogen-bond donors (Lipinski definition) is 1. The quantitative estimate of drug-likeness (QED) is 0.642. The summed E-state index contributed by atoms with van der Waals surface area (Å²) in [6.07, 6.45) is 5.14. The highest BCUT2D eigenvalue weighted by molar-refractivity contribution is 4.79. The maximum Gasteiger partial charge on any atom is 0.0477 e. The lowest BCUT2D eigenvalue weighted by Crippen LogP contribution is -2.42. The molecular weight excluding hydrogens is 224 g/mol. The number of nitrogens with zero attached hydrogens (tertiary/aromatic N) is 1. The smallest absolute Gasteiger partial charge is 0.0477 e. The summed E-state index contributed by atoms with van der Waals surface area (Å²) < 4.78 is 5.36. The Kier molecular flexibility index (Phi) is 8.64. The van der Waals surface area contributed by atoms with Gasteiger partial charge in [0.05, 0.1) is 0 Å². The van der Waals surface area contributed by atoms with Crippen LogP contribution in [0.25, 0.3) is 0 Å². The molecule has 1 saturated heterocycles. The molecule has 3 nitrogen and oxygen atoms in total. The molecule has 3 heteroatoms. The molecule has 0 aromatic rings. The van der Waals surface area contributed by atoms with E-state index in [1.165, 1.54) is 38.9 Å². The van der Waals surface area contributed by atoms with Gasteiger partial charge in [-0.15, -0.1) is 0 Å². The van der Waals surface area contributed by atoms with Crippen LogP contribution in [-0.2, 0) is 4.74 Å². The van der Waals surface area contributed by atoms with Crippen molar-refractivity contribution in [2.45, 2.75) is 52.5 Å². The maximum absolute atomic E-state index is 5.36. The van der Waals surface area contributed by atoms with Crippen molar-refractivity contribution in [1.29, 1.82) is 0 Å². The Morgan fingerprint density at radius 2 is 2.00 bits per heavy atom. The SMILES string of the molecule is CCCN1CCC(C(C)NCCCOCC)CC1. The average Bonchev–Trinajstić information content (AvgIpc) is 2.39. The molecule has 1 heterocycles. The van der Waals surface area contributed by atoms with E-state index in [9.17, 15) is 0 Å². The highest BCUT2D eigenvalue weighted by atomic mass is 16.5. The Morgan fingerprint density at radius 1 is 1.28 bits per heavy atom. The Morgan fingerprint density at radius 3 is 2.61 bits per heavy atom. The molecule has 1 aliphatic heterocycles. The second-order valence-electron chi connectivity index (χ2n) is 5.47. The van der Waals surface area contributed by atoms with E-state index in [4.69, 9.17) is 4.74 Å². The van der Waals surface area contributed by atoms with Gasteiger partial charge in [-0.05, 0) is 71.6 Å². The van der Waals surface area contributed by atoms with Crippen molar-refractivity contribution in [3.63, 3.8) is 0 Å². The number of piperidine rings is 1. The minimum Gasteiger partial charge on any atom is -0.382 e. The van der Waals surface area contributed by atoms with Gasteiger partial charge in [0.25, 0.3) is 0 Å². The van der Waals surface area contributed by atoms with Crippen LogP contribution in [0.2, 0.25) is 0 Å². The van der Waals surface area contributed by atoms with Crippen molar-refractivity contribution in [2.24, 2.45) is 5.92 Å². The third-order valence-electron chi connectivity index (χ3n) is 4.02. The Hall–Kier alpha value is -0.120. The molecule has 1 aliphatic rings. The Balaban J connectivity index is 2.06. The van der Waals surface area contributed by atoms with Gasteiger partial charge >= 0.3 is 0 Å². The molecule has 0 aromatic carbocycles. The van der Waals surface area contributed by atoms with E-state index in [2.05, 4.69) is 31.0 Å². The molecule has 1 atom stereocenters. The summed E-state index contributed by atoms with van der Waals surface area (Å²) in [6.45, 7) is 13.4. The molecule has 1 rings (SSSR count). The minimum atomic E-state index is 0.662. The summed E-state index contributed by atoms with van der Waals surface area (Å²) >= 11 is 0. The third kappa shape index (κ3) is 6.17. The molecule has 0 aromatic heterocycles. The van der Waals surface area contributed by atoms with Crippen LogP contribution in [0, 0.1) is 5.92 Å². The molecule has 18 heavy (non-hydrogen) atoms. The Labute approximate surface area is 113 Å². The van der Waals surface area contributed by atoms with Crippen LogP contribution >= 0.6 is 0 Å². The molecule has 0 spiro atoms. The first-order valence-electron chi connectivity index (χ1n) is 7.81. The first-order valence-corrected chi connectivity index (χ1v) is 7.81. The van der Waals surface area contributed by atoms with Crippen molar-refractivity contribution in [1.82, 2.24) is 10.2 Å². The fraction of sp³-hybridized carbons (Fsp3) is 1.00. The van der Waals surface area contributed by atoms with Crippen LogP contribution in [0.3, 0.4) is 0 Å². The van der Waals surface area contributed by atoms with Crippen molar-refractivity contribution in [2.75, 3.05) is 39.4 Å². The molecule has 1 fully saturated rings. The van der Waals surface area contributed by atoms with Gasteiger partial charge in [-0.2, -0.15) is 0 Å². The van der Waals surface area contributed by atoms with Gasteiger partial charge in [-0.3, -0.25) is 0 Å². The van der Waals surface area contributed by atoms with Crippen LogP contribution in [-0.4, -0.2) is 50.3 Å². The lowest BCUT2D eigenvalue weighted by molar-refractivity contribution is 0.139. The number of rotatable bonds is 9. The summed E-state index contributed by atoms with van der Waals surface area (Å²) in [4.78, 5) is 2.61. The summed E-state index contributed by atoms with van der Waals surface area (Å²) in [7, 11) is 0. The van der Waals surface area contributed by atoms with Crippen LogP contribution < -0.4 is 5.32 Å². The van der Waals surface area contributed by atoms with Gasteiger partial charge in [-0.25, -0.2) is 0 Å². The minimum absolute atomic E-state index is 0.662. The molecular formula is C15H32N2O. The second-order valence-corrected chi connectivity index (χ2v) is 5.47. The molecule has 1 unspecified atom stereocenters. The largest absolute Gasteiger partial charge is 0.382 e. The lowest BCUT2D eigenvalue weighted by atomic mass is 9.90. The monoisotopic (exact) mass is 256 g/mol. The van der Waals surface area contributed by atoms with E-state index >= 15 is 0 Å². The summed E-state index contributed by atoms with van der Waals surface area (Å²) in [5.41, 5.74) is 0. The van der Waals surface area contributed by atoms with Crippen molar-refractivity contribution in [3.8, 4) is 0 Å². The molecule has 108 valence electrons. The van der Waals surface area contributed by atoms with Crippen LogP contribution in [0.5, 0.6) is 0 Å². The highest BCUT2D eigenvalue weighted by Gasteiger charge is 2.22. The fourth-order valence-corrected chi connectivity index (χ4v) is 2.81. The molecule has 0 aliphatic carbocycles. The van der Waals surface area contributed by atoms with Crippen molar-refractivity contribution >= 4 is 0 Å². The molecule has 0 saturated carbocycles. The lowest BCUT2D eigenvalue weighted by Gasteiger charge is -2.35. The highest BCUT2D eigenvalue weighted by Crippen LogP contribution is 2.20. The molecule has 0 amide bonds. The van der Waals surface area contributed by atoms with Gasteiger partial charge in [0, 0.05) is 19.3 Å². The van der Waals surface area contributed by atoms with E-state index < -0.39 is 0 Å². The van der Waals surface area contributed by atoms with Crippen LogP contribution in [0.4, 0.5) is 0 Å². The zero-order chi connectivity index (χ0) is 13.2. The number of nitrogens with one attached hydrogen (secondary N) is 1. The van der Waals surface area contributed by atoms with Gasteiger partial charge in [0.2, 0.25) is 0 Å². The van der Waals surface area contributed by atoms with E-state index in [-0.39, 0.29) is 0 Å². The summed E-state index contributed by atoms with van der Waals surface area (Å²) in [6, 6.07) is 0.662. The van der Waals surface area contributed by atoms with Crippen LogP contribution in [0.1, 0.15) is 46.5 Å². The van der Waals surface area contributed by atoms with E-state index in [0.29, 0.717) is 6.04 Å². The maximum atomic E-state index is 5.36. The number of hydrogen-bond acceptors (Lipinski definition) is 3. The third-order valence-corrected chi connectivity index (χ3v) is 4.02. The predicted octanol–water partition coefficient (Wildman–Crippen LogP) is 2.51. The molecule has 1 N–H and O–H groups in total. The van der Waals surface area contributed by atoms with Crippen molar-refractivity contribution < 1.29 is 4.74 Å². The fourth-order valence-electron chi connectivity index (χ4n) is 2.81. The van der Waals surface area contributed by atoms with Gasteiger partial charge in [0.15, 0.2) is 0 Å². The first kappa shape index (κ1) is 15.9. The average molecular weight is 256 g/mol. The van der Waals surface area contributed by atoms with Crippen molar-refractivity contribution in [3.05, 3.63) is 0 Å². The first-order chi connectivity index (χ1) is 8.77. The molecule has 0 bridgehead atoms. The Bertz CT molecular complexity index is 191. The predicted molar refractivity (Wildman–Crippen MR) is 78.0 cm³/mol. The zero-order valence-electron chi connectivity index (χ0n) is 12.6. The van der Waals surface area contributed by atoms with Crippen LogP contribution in [0.15, 0.2) is 0 Å². The van der Waals surface area contributed by atoms with E-state index in [1.54, 1.807) is 0 Å². The summed E-state index contributed by atoms with van der Waals surface area (Å²) in [5, 5.41) is 3.66. The van der Waals surface area contributed by atoms with E-state index in [0.717, 1.165) is 32.1 Å².